The highest BCUT2D eigenvalue weighted by Crippen LogP contribution is 2.78. The summed E-state index contributed by atoms with van der Waals surface area (Å²) in [5.41, 5.74) is 5.80. The summed E-state index contributed by atoms with van der Waals surface area (Å²) in [6, 6.07) is 9.71. The zero-order chi connectivity index (χ0) is 41.4. The number of benzene rings is 1. The number of allylic oxidation sites excluding steroid dienone is 1. The Kier molecular flexibility index (Phi) is 10.4. The molecule has 11 unspecified atom stereocenters. The molecule has 0 saturated heterocycles. The van der Waals surface area contributed by atoms with E-state index >= 15 is 4.79 Å². The number of Topliss-reactive ketones (excluding diaryl/α,β-unsaturated/α-hetero) is 2. The molecule has 0 aliphatic heterocycles. The maximum Gasteiger partial charge on any atom is 0.335 e. The summed E-state index contributed by atoms with van der Waals surface area (Å²) in [5.74, 6) is -5.58. The average Bonchev–Trinajstić information content (AvgIpc) is 3.31. The largest absolute Gasteiger partial charge is 0.509 e. The lowest BCUT2D eigenvalue weighted by Gasteiger charge is -2.68. The highest BCUT2D eigenvalue weighted by atomic mass is 16.4. The third-order valence-corrected chi connectivity index (χ3v) is 15.4. The highest BCUT2D eigenvalue weighted by Gasteiger charge is 2.78. The molecule has 6 rings (SSSR count). The van der Waals surface area contributed by atoms with Crippen molar-refractivity contribution in [3.8, 4) is 0 Å². The van der Waals surface area contributed by atoms with Crippen LogP contribution in [0.25, 0.3) is 6.08 Å². The van der Waals surface area contributed by atoms with Crippen LogP contribution in [0.1, 0.15) is 79.2 Å². The summed E-state index contributed by atoms with van der Waals surface area (Å²) < 4.78 is 0. The molecule has 10 N–H and O–H groups in total. The molecule has 304 valence electrons. The molecule has 2 fully saturated rings. The van der Waals surface area contributed by atoms with Crippen LogP contribution in [0.4, 0.5) is 0 Å². The predicted octanol–water partition coefficient (Wildman–Crippen LogP) is 4.07. The Hall–Kier alpha value is -4.10. The fourth-order valence-corrected chi connectivity index (χ4v) is 12.4. The Morgan fingerprint density at radius 3 is 2.32 bits per heavy atom. The first-order valence-electron chi connectivity index (χ1n) is 19.8. The van der Waals surface area contributed by atoms with E-state index in [4.69, 9.17) is 11.5 Å². The highest BCUT2D eigenvalue weighted by molar-refractivity contribution is 6.02. The summed E-state index contributed by atoms with van der Waals surface area (Å²) in [4.78, 5) is 45.4. The summed E-state index contributed by atoms with van der Waals surface area (Å²) in [5, 5.41) is 62.5. The van der Waals surface area contributed by atoms with E-state index in [0.29, 0.717) is 17.6 Å². The topological polar surface area (TPSA) is 229 Å². The van der Waals surface area contributed by atoms with Gasteiger partial charge in [0, 0.05) is 53.0 Å². The molecule has 12 heteroatoms. The van der Waals surface area contributed by atoms with Gasteiger partial charge in [0.15, 0.2) is 11.7 Å². The predicted molar refractivity (Wildman–Crippen MR) is 214 cm³/mol. The SMILES string of the molecule is CNCCC(C(=O)O)=C(O)C(O)C(CN=C(N)N)C(C)C1CC2(O)C=CC3(O)C4=C(C(=O)CC1(C)C42C)C1(C)CCC(=O)C(C)(C)C1C3C=Cc1ccccc1. The monoisotopic (exact) mass is 772 g/mol. The van der Waals surface area contributed by atoms with Gasteiger partial charge in [-0.25, -0.2) is 4.79 Å². The van der Waals surface area contributed by atoms with E-state index in [0.717, 1.165) is 5.56 Å². The van der Waals surface area contributed by atoms with Gasteiger partial charge in [-0.1, -0.05) is 90.1 Å². The van der Waals surface area contributed by atoms with Crippen LogP contribution in [-0.4, -0.2) is 86.5 Å². The van der Waals surface area contributed by atoms with Crippen LogP contribution in [0.5, 0.6) is 0 Å². The Labute approximate surface area is 329 Å². The number of nitrogens with zero attached hydrogens (tertiary/aromatic N) is 1. The second-order valence-corrected chi connectivity index (χ2v) is 18.4. The van der Waals surface area contributed by atoms with Crippen LogP contribution < -0.4 is 16.8 Å². The van der Waals surface area contributed by atoms with Crippen molar-refractivity contribution < 1.29 is 39.9 Å². The molecule has 12 nitrogen and oxygen atoms in total. The number of guanidine groups is 1. The number of carbonyl (C=O) groups is 3. The summed E-state index contributed by atoms with van der Waals surface area (Å²) in [6.45, 7) is 11.7. The van der Waals surface area contributed by atoms with Crippen LogP contribution in [0.2, 0.25) is 0 Å². The first kappa shape index (κ1) is 41.5. The molecule has 0 amide bonds. The van der Waals surface area contributed by atoms with Gasteiger partial charge < -0.3 is 42.3 Å². The minimum atomic E-state index is -1.75. The number of carboxylic acid groups (broad SMARTS) is 1. The smallest absolute Gasteiger partial charge is 0.335 e. The Morgan fingerprint density at radius 2 is 1.71 bits per heavy atom. The van der Waals surface area contributed by atoms with Crippen LogP contribution in [0, 0.1) is 51.2 Å². The zero-order valence-electron chi connectivity index (χ0n) is 33.7. The van der Waals surface area contributed by atoms with Gasteiger partial charge in [-0.3, -0.25) is 14.6 Å². The van der Waals surface area contributed by atoms with Crippen LogP contribution in [0.15, 0.2) is 76.0 Å². The summed E-state index contributed by atoms with van der Waals surface area (Å²) >= 11 is 0. The maximum absolute atomic E-state index is 15.1. The molecule has 0 bridgehead atoms. The molecule has 11 atom stereocenters. The number of hydrogen-bond donors (Lipinski definition) is 8. The van der Waals surface area contributed by atoms with Gasteiger partial charge >= 0.3 is 5.97 Å². The Bertz CT molecular complexity index is 1950. The van der Waals surface area contributed by atoms with E-state index in [9.17, 15) is 35.1 Å². The van der Waals surface area contributed by atoms with Crippen molar-refractivity contribution in [1.29, 1.82) is 0 Å². The maximum atomic E-state index is 15.1. The molecule has 0 radical (unpaired) electrons. The number of aliphatic carboxylic acids is 1. The van der Waals surface area contributed by atoms with Gasteiger partial charge in [0.25, 0.3) is 0 Å². The molecular formula is C44H60N4O8. The number of carboxylic acids is 1. The van der Waals surface area contributed by atoms with E-state index in [1.807, 2.05) is 77.1 Å². The van der Waals surface area contributed by atoms with Gasteiger partial charge in [-0.2, -0.15) is 0 Å². The number of nitrogens with one attached hydrogen (secondary N) is 1. The number of fused-ring (bicyclic) bond motifs is 2. The summed E-state index contributed by atoms with van der Waals surface area (Å²) in [6.07, 6.45) is 6.35. The van der Waals surface area contributed by atoms with Gasteiger partial charge in [-0.05, 0) is 73.2 Å². The second-order valence-electron chi connectivity index (χ2n) is 18.4. The van der Waals surface area contributed by atoms with Crippen molar-refractivity contribution in [2.24, 2.45) is 67.7 Å². The second kappa shape index (κ2) is 14.1. The van der Waals surface area contributed by atoms with Gasteiger partial charge in [0.1, 0.15) is 23.2 Å². The number of ketones is 2. The number of aliphatic hydroxyl groups is 4. The summed E-state index contributed by atoms with van der Waals surface area (Å²) in [7, 11) is 1.65. The normalized spacial score (nSPS) is 37.7. The van der Waals surface area contributed by atoms with Crippen LogP contribution in [-0.2, 0) is 14.4 Å². The average molecular weight is 773 g/mol. The van der Waals surface area contributed by atoms with Crippen molar-refractivity contribution in [1.82, 2.24) is 5.32 Å². The van der Waals surface area contributed by atoms with Crippen LogP contribution in [0.3, 0.4) is 0 Å². The van der Waals surface area contributed by atoms with Crippen molar-refractivity contribution in [2.75, 3.05) is 20.1 Å². The van der Waals surface area contributed by atoms with Crippen molar-refractivity contribution in [3.05, 3.63) is 76.6 Å². The molecule has 56 heavy (non-hydrogen) atoms. The lowest BCUT2D eigenvalue weighted by molar-refractivity contribution is -0.162. The van der Waals surface area contributed by atoms with E-state index in [2.05, 4.69) is 17.2 Å². The van der Waals surface area contributed by atoms with E-state index in [1.165, 1.54) is 0 Å². The number of aliphatic hydroxyl groups excluding tert-OH is 2. The molecule has 5 aliphatic carbocycles. The van der Waals surface area contributed by atoms with Crippen molar-refractivity contribution in [2.45, 2.75) is 91.0 Å². The number of hydrogen-bond acceptors (Lipinski definition) is 9. The van der Waals surface area contributed by atoms with Gasteiger partial charge in [0.05, 0.1) is 11.2 Å². The van der Waals surface area contributed by atoms with E-state index in [1.54, 1.807) is 19.2 Å². The Balaban J connectivity index is 1.55. The molecule has 2 saturated carbocycles. The van der Waals surface area contributed by atoms with Crippen LogP contribution >= 0.6 is 0 Å². The third kappa shape index (κ3) is 5.84. The Morgan fingerprint density at radius 1 is 1.05 bits per heavy atom. The molecule has 5 aliphatic rings. The minimum Gasteiger partial charge on any atom is -0.509 e. The van der Waals surface area contributed by atoms with Gasteiger partial charge in [-0.15, -0.1) is 0 Å². The molecule has 0 heterocycles. The molecule has 1 aromatic carbocycles. The van der Waals surface area contributed by atoms with Gasteiger partial charge in [0.2, 0.25) is 0 Å². The first-order chi connectivity index (χ1) is 26.1. The third-order valence-electron chi connectivity index (χ3n) is 15.4. The lowest BCUT2D eigenvalue weighted by atomic mass is 9.36. The lowest BCUT2D eigenvalue weighted by Crippen LogP contribution is -2.69. The standard InChI is InChI=1S/C44H60N4O8/c1-24(27(23-48-38(45)46)34(52)33(51)26(37(53)54)16-20-47-7)29-21-43(55)18-19-44(56)28(14-13-25-11-9-8-10-12-25)35-39(2,3)31(50)15-17-40(35,4)32-30(49)22-41(29,5)42(43,6)36(32)44/h8-14,18-19,24,27-29,34-35,47,51-52,55-56H,15-17,20-23H2,1-7H3,(H,53,54)(H4,45,46,48). The first-order valence-corrected chi connectivity index (χ1v) is 19.8. The fraction of sp³-hybridized carbons (Fsp3) is 0.591. The van der Waals surface area contributed by atoms with E-state index in [-0.39, 0.29) is 61.9 Å². The molecule has 1 aromatic rings. The van der Waals surface area contributed by atoms with Crippen molar-refractivity contribution in [3.63, 3.8) is 0 Å². The quantitative estimate of drug-likeness (QED) is 0.0497. The number of carbonyl (C=O) groups excluding carboxylic acids is 2. The molecule has 0 aromatic heterocycles. The fourth-order valence-electron chi connectivity index (χ4n) is 12.4. The number of rotatable bonds is 12. The van der Waals surface area contributed by atoms with E-state index < -0.39 is 80.3 Å². The number of aliphatic imine (C=N–C) groups is 1. The zero-order valence-corrected chi connectivity index (χ0v) is 33.7. The molecule has 0 spiro atoms. The minimum absolute atomic E-state index is 0.0141. The van der Waals surface area contributed by atoms with Crippen molar-refractivity contribution >= 4 is 29.6 Å². The number of nitrogens with two attached hydrogens (primary N) is 2. The molecular weight excluding hydrogens is 713 g/mol.